The number of benzene rings is 1. The van der Waals surface area contributed by atoms with Crippen LogP contribution in [-0.2, 0) is 0 Å². The molecule has 0 saturated carbocycles. The van der Waals surface area contributed by atoms with Gasteiger partial charge in [-0.2, -0.15) is 4.39 Å². The predicted molar refractivity (Wildman–Crippen MR) is 69.9 cm³/mol. The zero-order chi connectivity index (χ0) is 15.7. The minimum absolute atomic E-state index is 0.0458. The number of aromatic hydroxyl groups is 1. The van der Waals surface area contributed by atoms with E-state index in [0.717, 1.165) is 0 Å². The molecule has 0 fully saturated rings. The molecular weight excluding hydrogens is 309 g/mol. The number of anilines is 1. The highest BCUT2D eigenvalue weighted by atomic mass is 35.5. The summed E-state index contributed by atoms with van der Waals surface area (Å²) in [4.78, 5) is 15.6. The number of hydrogen-bond acceptors (Lipinski definition) is 3. The zero-order valence-corrected chi connectivity index (χ0v) is 11.3. The lowest BCUT2D eigenvalue weighted by atomic mass is 10.1. The molecule has 110 valence electrons. The topological polar surface area (TPSA) is 62.2 Å². The van der Waals surface area contributed by atoms with Gasteiger partial charge in [-0.25, -0.2) is 13.8 Å². The molecule has 21 heavy (non-hydrogen) atoms. The van der Waals surface area contributed by atoms with Crippen molar-refractivity contribution in [1.82, 2.24) is 4.98 Å². The smallest absolute Gasteiger partial charge is 0.258 e. The fraction of sp³-hybridized carbons (Fsp3) is 0.0769. The molecule has 0 saturated heterocycles. The monoisotopic (exact) mass is 316 g/mol. The van der Waals surface area contributed by atoms with Gasteiger partial charge in [-0.15, -0.1) is 0 Å². The largest absolute Gasteiger partial charge is 0.503 e. The van der Waals surface area contributed by atoms with E-state index in [1.165, 1.54) is 6.20 Å². The Morgan fingerprint density at radius 1 is 1.33 bits per heavy atom. The molecule has 0 unspecified atom stereocenters. The summed E-state index contributed by atoms with van der Waals surface area (Å²) >= 11 is 5.79. The molecule has 1 aromatic heterocycles. The van der Waals surface area contributed by atoms with Gasteiger partial charge in [-0.1, -0.05) is 11.6 Å². The van der Waals surface area contributed by atoms with Crippen LogP contribution in [-0.4, -0.2) is 16.0 Å². The van der Waals surface area contributed by atoms with Gasteiger partial charge in [0, 0.05) is 6.20 Å². The minimum Gasteiger partial charge on any atom is -0.503 e. The fourth-order valence-corrected chi connectivity index (χ4v) is 1.86. The van der Waals surface area contributed by atoms with E-state index in [0.29, 0.717) is 11.6 Å². The molecule has 4 nitrogen and oxygen atoms in total. The summed E-state index contributed by atoms with van der Waals surface area (Å²) in [6.07, 6.45) is 1.40. The first-order valence-electron chi connectivity index (χ1n) is 5.61. The molecule has 0 aliphatic carbocycles. The molecule has 2 aromatic rings. The molecule has 2 N–H and O–H groups in total. The predicted octanol–water partition coefficient (Wildman–Crippen LogP) is 3.42. The second-order valence-electron chi connectivity index (χ2n) is 4.13. The van der Waals surface area contributed by atoms with Gasteiger partial charge in [0.1, 0.15) is 0 Å². The Bertz CT molecular complexity index is 718. The number of amides is 1. The number of phenols is 1. The molecule has 0 bridgehead atoms. The maximum absolute atomic E-state index is 13.6. The van der Waals surface area contributed by atoms with E-state index >= 15 is 0 Å². The molecule has 1 amide bonds. The highest BCUT2D eigenvalue weighted by molar-refractivity contribution is 6.32. The summed E-state index contributed by atoms with van der Waals surface area (Å²) in [7, 11) is 0. The average Bonchev–Trinajstić information content (AvgIpc) is 2.44. The number of rotatable bonds is 2. The van der Waals surface area contributed by atoms with Crippen molar-refractivity contribution in [2.75, 3.05) is 5.32 Å². The third kappa shape index (κ3) is 2.78. The highest BCUT2D eigenvalue weighted by Crippen LogP contribution is 2.28. The van der Waals surface area contributed by atoms with Crippen LogP contribution in [0.2, 0.25) is 5.15 Å². The summed E-state index contributed by atoms with van der Waals surface area (Å²) in [5.74, 6) is -7.54. The number of aromatic nitrogens is 1. The molecular formula is C13H8ClF3N2O2. The van der Waals surface area contributed by atoms with E-state index < -0.39 is 34.7 Å². The van der Waals surface area contributed by atoms with Gasteiger partial charge < -0.3 is 10.4 Å². The third-order valence-corrected chi connectivity index (χ3v) is 3.02. The lowest BCUT2D eigenvalue weighted by Gasteiger charge is -2.11. The van der Waals surface area contributed by atoms with E-state index in [9.17, 15) is 18.0 Å². The maximum Gasteiger partial charge on any atom is 0.258 e. The Labute approximate surface area is 122 Å². The number of nitrogens with zero attached hydrogens (tertiary/aromatic N) is 1. The highest BCUT2D eigenvalue weighted by Gasteiger charge is 2.23. The van der Waals surface area contributed by atoms with Crippen LogP contribution in [0.5, 0.6) is 5.75 Å². The van der Waals surface area contributed by atoms with Crippen molar-refractivity contribution < 1.29 is 23.1 Å². The summed E-state index contributed by atoms with van der Waals surface area (Å²) in [5.41, 5.74) is -0.214. The van der Waals surface area contributed by atoms with Gasteiger partial charge in [-0.3, -0.25) is 4.79 Å². The number of carbonyl (C=O) groups excluding carboxylic acids is 1. The Hall–Kier alpha value is -2.28. The van der Waals surface area contributed by atoms with Crippen molar-refractivity contribution in [2.24, 2.45) is 0 Å². The second-order valence-corrected chi connectivity index (χ2v) is 4.49. The van der Waals surface area contributed by atoms with E-state index in [1.54, 1.807) is 13.0 Å². The van der Waals surface area contributed by atoms with Gasteiger partial charge >= 0.3 is 0 Å². The summed E-state index contributed by atoms with van der Waals surface area (Å²) in [6, 6.07) is 1.89. The van der Waals surface area contributed by atoms with Crippen molar-refractivity contribution in [2.45, 2.75) is 6.92 Å². The van der Waals surface area contributed by atoms with Crippen molar-refractivity contribution >= 4 is 23.2 Å². The quantitative estimate of drug-likeness (QED) is 0.659. The summed E-state index contributed by atoms with van der Waals surface area (Å²) < 4.78 is 39.8. The van der Waals surface area contributed by atoms with Crippen molar-refractivity contribution in [1.29, 1.82) is 0 Å². The number of nitrogens with one attached hydrogen (secondary N) is 1. The molecule has 0 spiro atoms. The van der Waals surface area contributed by atoms with Crippen molar-refractivity contribution in [3.05, 3.63) is 52.1 Å². The first-order valence-corrected chi connectivity index (χ1v) is 5.99. The van der Waals surface area contributed by atoms with Crippen LogP contribution in [0.4, 0.5) is 18.9 Å². The van der Waals surface area contributed by atoms with Crippen LogP contribution in [0, 0.1) is 24.4 Å². The van der Waals surface area contributed by atoms with Crippen LogP contribution in [0.1, 0.15) is 15.9 Å². The van der Waals surface area contributed by atoms with Crippen LogP contribution < -0.4 is 5.32 Å². The molecule has 0 radical (unpaired) electrons. The van der Waals surface area contributed by atoms with E-state index in [4.69, 9.17) is 16.7 Å². The van der Waals surface area contributed by atoms with Gasteiger partial charge in [0.15, 0.2) is 22.5 Å². The van der Waals surface area contributed by atoms with E-state index in [-0.39, 0.29) is 10.8 Å². The Balaban J connectivity index is 2.42. The molecule has 0 aliphatic rings. The number of carbonyl (C=O) groups is 1. The van der Waals surface area contributed by atoms with Crippen LogP contribution in [0.25, 0.3) is 0 Å². The SMILES string of the molecule is Cc1ccnc(Cl)c1NC(=O)c1cc(F)c(F)c(O)c1F. The molecule has 1 aromatic carbocycles. The lowest BCUT2D eigenvalue weighted by molar-refractivity contribution is 0.102. The summed E-state index contributed by atoms with van der Waals surface area (Å²) in [5, 5.41) is 11.3. The molecule has 1 heterocycles. The zero-order valence-electron chi connectivity index (χ0n) is 10.5. The van der Waals surface area contributed by atoms with Crippen molar-refractivity contribution in [3.63, 3.8) is 0 Å². The maximum atomic E-state index is 13.6. The number of aryl methyl sites for hydroxylation is 1. The Morgan fingerprint density at radius 2 is 2.00 bits per heavy atom. The van der Waals surface area contributed by atoms with Gasteiger partial charge in [0.05, 0.1) is 11.3 Å². The van der Waals surface area contributed by atoms with Gasteiger partial charge in [0.25, 0.3) is 5.91 Å². The third-order valence-electron chi connectivity index (χ3n) is 2.73. The summed E-state index contributed by atoms with van der Waals surface area (Å²) in [6.45, 7) is 1.61. The van der Waals surface area contributed by atoms with E-state index in [2.05, 4.69) is 10.3 Å². The molecule has 8 heteroatoms. The van der Waals surface area contributed by atoms with E-state index in [1.807, 2.05) is 0 Å². The van der Waals surface area contributed by atoms with Crippen LogP contribution in [0.3, 0.4) is 0 Å². The standard InChI is InChI=1S/C13H8ClF3N2O2/c1-5-2-3-18-12(14)10(5)19-13(21)6-4-7(15)9(17)11(20)8(6)16/h2-4,20H,1H3,(H,19,21). The van der Waals surface area contributed by atoms with Crippen LogP contribution >= 0.6 is 11.6 Å². The second kappa shape index (κ2) is 5.61. The number of phenolic OH excluding ortho intramolecular Hbond substituents is 1. The Morgan fingerprint density at radius 3 is 2.62 bits per heavy atom. The number of halogens is 4. The number of pyridine rings is 1. The molecule has 2 rings (SSSR count). The van der Waals surface area contributed by atoms with Crippen LogP contribution in [0.15, 0.2) is 18.3 Å². The first kappa shape index (κ1) is 15.1. The molecule has 0 atom stereocenters. The normalized spacial score (nSPS) is 10.5. The average molecular weight is 317 g/mol. The number of hydrogen-bond donors (Lipinski definition) is 2. The van der Waals surface area contributed by atoms with Gasteiger partial charge in [0.2, 0.25) is 5.82 Å². The first-order chi connectivity index (χ1) is 9.82. The lowest BCUT2D eigenvalue weighted by Crippen LogP contribution is -2.16. The molecule has 0 aliphatic heterocycles. The fourth-order valence-electron chi connectivity index (χ4n) is 1.61. The van der Waals surface area contributed by atoms with Crippen molar-refractivity contribution in [3.8, 4) is 5.75 Å². The Kier molecular flexibility index (Phi) is 4.04. The van der Waals surface area contributed by atoms with Gasteiger partial charge in [-0.05, 0) is 24.6 Å². The minimum atomic E-state index is -1.76.